The molecule has 0 spiro atoms. The minimum atomic E-state index is 0.399. The monoisotopic (exact) mass is 162 g/mol. The molecule has 10 heavy (non-hydrogen) atoms. The first-order valence-electron chi connectivity index (χ1n) is 3.75. The summed E-state index contributed by atoms with van der Waals surface area (Å²) in [6, 6.07) is 0. The molecule has 0 amide bonds. The van der Waals surface area contributed by atoms with Crippen LogP contribution in [0.4, 0.5) is 0 Å². The fourth-order valence-electron chi connectivity index (χ4n) is 0.545. The van der Waals surface area contributed by atoms with Gasteiger partial charge in [-0.25, -0.2) is 0 Å². The van der Waals surface area contributed by atoms with Crippen molar-refractivity contribution in [1.29, 1.82) is 0 Å². The molecule has 0 aromatic carbocycles. The largest absolute Gasteiger partial charge is 0.381 e. The number of hydrogen-bond acceptors (Lipinski definition) is 2. The van der Waals surface area contributed by atoms with Crippen LogP contribution in [-0.2, 0) is 4.74 Å². The molecule has 1 nitrogen and oxygen atoms in total. The second kappa shape index (κ2) is 5.03. The summed E-state index contributed by atoms with van der Waals surface area (Å²) in [5.74, 6) is 0.824. The van der Waals surface area contributed by atoms with Crippen molar-refractivity contribution >= 4 is 12.6 Å². The molecule has 62 valence electrons. The fraction of sp³-hybridized carbons (Fsp3) is 1.00. The van der Waals surface area contributed by atoms with Gasteiger partial charge in [-0.2, -0.15) is 12.6 Å². The number of thiol groups is 1. The van der Waals surface area contributed by atoms with Crippen molar-refractivity contribution in [2.45, 2.75) is 27.2 Å². The molecule has 0 heterocycles. The third-order valence-electron chi connectivity index (χ3n) is 1.23. The zero-order chi connectivity index (χ0) is 8.04. The van der Waals surface area contributed by atoms with Gasteiger partial charge in [0.15, 0.2) is 0 Å². The summed E-state index contributed by atoms with van der Waals surface area (Å²) in [6.07, 6.45) is 1.13. The van der Waals surface area contributed by atoms with E-state index in [4.69, 9.17) is 4.74 Å². The molecule has 0 aliphatic rings. The highest BCUT2D eigenvalue weighted by atomic mass is 32.1. The van der Waals surface area contributed by atoms with Crippen LogP contribution in [-0.4, -0.2) is 19.0 Å². The Bertz CT molecular complexity index is 75.8. The standard InChI is InChI=1S/C8H18OS/c1-8(2,3)4-5-9-6-7-10/h10H,4-7H2,1-3H3. The molecule has 0 aromatic heterocycles. The highest BCUT2D eigenvalue weighted by Gasteiger charge is 2.08. The van der Waals surface area contributed by atoms with E-state index >= 15 is 0 Å². The quantitative estimate of drug-likeness (QED) is 0.493. The van der Waals surface area contributed by atoms with E-state index in [9.17, 15) is 0 Å². The summed E-state index contributed by atoms with van der Waals surface area (Å²) in [6.45, 7) is 8.30. The molecule has 0 fully saturated rings. The van der Waals surface area contributed by atoms with Crippen LogP contribution < -0.4 is 0 Å². The molecular weight excluding hydrogens is 144 g/mol. The van der Waals surface area contributed by atoms with E-state index in [1.807, 2.05) is 0 Å². The van der Waals surface area contributed by atoms with Crippen molar-refractivity contribution in [3.63, 3.8) is 0 Å². The van der Waals surface area contributed by atoms with Crippen LogP contribution in [0.25, 0.3) is 0 Å². The lowest BCUT2D eigenvalue weighted by Crippen LogP contribution is -2.10. The third-order valence-corrected chi connectivity index (χ3v) is 1.41. The topological polar surface area (TPSA) is 9.23 Å². The minimum Gasteiger partial charge on any atom is -0.381 e. The summed E-state index contributed by atoms with van der Waals surface area (Å²) in [5.41, 5.74) is 0.399. The van der Waals surface area contributed by atoms with Crippen LogP contribution >= 0.6 is 12.6 Å². The molecule has 0 bridgehead atoms. The van der Waals surface area contributed by atoms with Gasteiger partial charge in [-0.15, -0.1) is 0 Å². The van der Waals surface area contributed by atoms with Crippen LogP contribution in [0, 0.1) is 5.41 Å². The predicted octanol–water partition coefficient (Wildman–Crippen LogP) is 2.37. The van der Waals surface area contributed by atoms with Gasteiger partial charge in [0.1, 0.15) is 0 Å². The van der Waals surface area contributed by atoms with Gasteiger partial charge < -0.3 is 4.74 Å². The average molecular weight is 162 g/mol. The number of hydrogen-bond donors (Lipinski definition) is 1. The first-order valence-corrected chi connectivity index (χ1v) is 4.38. The number of rotatable bonds is 4. The van der Waals surface area contributed by atoms with Crippen LogP contribution in [0.5, 0.6) is 0 Å². The molecule has 0 saturated carbocycles. The molecule has 0 aromatic rings. The van der Waals surface area contributed by atoms with Gasteiger partial charge in [-0.1, -0.05) is 20.8 Å². The summed E-state index contributed by atoms with van der Waals surface area (Å²) >= 11 is 4.04. The van der Waals surface area contributed by atoms with E-state index in [-0.39, 0.29) is 0 Å². The lowest BCUT2D eigenvalue weighted by molar-refractivity contribution is 0.121. The van der Waals surface area contributed by atoms with Crippen LogP contribution in [0.3, 0.4) is 0 Å². The van der Waals surface area contributed by atoms with Crippen LogP contribution in [0.2, 0.25) is 0 Å². The predicted molar refractivity (Wildman–Crippen MR) is 48.7 cm³/mol. The van der Waals surface area contributed by atoms with E-state index in [1.54, 1.807) is 0 Å². The zero-order valence-corrected chi connectivity index (χ0v) is 8.08. The average Bonchev–Trinajstić information content (AvgIpc) is 1.78. The third kappa shape index (κ3) is 8.31. The molecule has 2 heteroatoms. The maximum absolute atomic E-state index is 5.28. The van der Waals surface area contributed by atoms with Gasteiger partial charge in [0, 0.05) is 12.4 Å². The molecule has 0 aliphatic heterocycles. The van der Waals surface area contributed by atoms with Crippen LogP contribution in [0.1, 0.15) is 27.2 Å². The molecule has 0 rings (SSSR count). The van der Waals surface area contributed by atoms with E-state index in [1.165, 1.54) is 0 Å². The smallest absolute Gasteiger partial charge is 0.0554 e. The van der Waals surface area contributed by atoms with Crippen molar-refractivity contribution in [1.82, 2.24) is 0 Å². The van der Waals surface area contributed by atoms with Crippen molar-refractivity contribution in [2.24, 2.45) is 5.41 Å². The molecule has 0 saturated heterocycles. The van der Waals surface area contributed by atoms with E-state index in [0.717, 1.165) is 25.4 Å². The summed E-state index contributed by atoms with van der Waals surface area (Å²) in [4.78, 5) is 0. The Hall–Kier alpha value is 0.310. The van der Waals surface area contributed by atoms with Crippen LogP contribution in [0.15, 0.2) is 0 Å². The molecule has 0 unspecified atom stereocenters. The minimum absolute atomic E-state index is 0.399. The Morgan fingerprint density at radius 1 is 1.20 bits per heavy atom. The van der Waals surface area contributed by atoms with E-state index in [0.29, 0.717) is 5.41 Å². The molecule has 0 radical (unpaired) electrons. The van der Waals surface area contributed by atoms with Gasteiger partial charge >= 0.3 is 0 Å². The lowest BCUT2D eigenvalue weighted by atomic mass is 9.93. The Morgan fingerprint density at radius 3 is 2.20 bits per heavy atom. The van der Waals surface area contributed by atoms with Gasteiger partial charge in [0.05, 0.1) is 6.61 Å². The summed E-state index contributed by atoms with van der Waals surface area (Å²) in [7, 11) is 0. The van der Waals surface area contributed by atoms with Gasteiger partial charge in [-0.3, -0.25) is 0 Å². The Labute approximate surface area is 69.6 Å². The summed E-state index contributed by atoms with van der Waals surface area (Å²) in [5, 5.41) is 0. The van der Waals surface area contributed by atoms with Crippen molar-refractivity contribution in [3.8, 4) is 0 Å². The highest BCUT2D eigenvalue weighted by molar-refractivity contribution is 7.80. The van der Waals surface area contributed by atoms with Crippen molar-refractivity contribution in [3.05, 3.63) is 0 Å². The van der Waals surface area contributed by atoms with Gasteiger partial charge in [0.2, 0.25) is 0 Å². The maximum Gasteiger partial charge on any atom is 0.0554 e. The number of ether oxygens (including phenoxy) is 1. The zero-order valence-electron chi connectivity index (χ0n) is 7.18. The summed E-state index contributed by atoms with van der Waals surface area (Å²) < 4.78 is 5.28. The van der Waals surface area contributed by atoms with Crippen molar-refractivity contribution in [2.75, 3.05) is 19.0 Å². The van der Waals surface area contributed by atoms with Gasteiger partial charge in [0.25, 0.3) is 0 Å². The van der Waals surface area contributed by atoms with Crippen molar-refractivity contribution < 1.29 is 4.74 Å². The van der Waals surface area contributed by atoms with E-state index in [2.05, 4.69) is 33.4 Å². The Morgan fingerprint density at radius 2 is 1.80 bits per heavy atom. The Kier molecular flexibility index (Phi) is 5.18. The SMILES string of the molecule is CC(C)(C)CCOCCS. The first kappa shape index (κ1) is 10.3. The lowest BCUT2D eigenvalue weighted by Gasteiger charge is -2.17. The maximum atomic E-state index is 5.28. The fourth-order valence-corrected chi connectivity index (χ4v) is 0.674. The second-order valence-electron chi connectivity index (χ2n) is 3.65. The Balaban J connectivity index is 3.04. The molecule has 0 aliphatic carbocycles. The molecular formula is C8H18OS. The highest BCUT2D eigenvalue weighted by Crippen LogP contribution is 2.17. The normalized spacial score (nSPS) is 12.0. The van der Waals surface area contributed by atoms with E-state index < -0.39 is 0 Å². The second-order valence-corrected chi connectivity index (χ2v) is 4.09. The molecule has 0 atom stereocenters. The van der Waals surface area contributed by atoms with Gasteiger partial charge in [-0.05, 0) is 11.8 Å². The first-order chi connectivity index (χ1) is 4.56. The molecule has 0 N–H and O–H groups in total.